The Bertz CT molecular complexity index is 1050. The van der Waals surface area contributed by atoms with Gasteiger partial charge in [-0.25, -0.2) is 9.97 Å². The van der Waals surface area contributed by atoms with Crippen LogP contribution in [0.2, 0.25) is 0 Å². The van der Waals surface area contributed by atoms with E-state index in [0.29, 0.717) is 17.1 Å². The summed E-state index contributed by atoms with van der Waals surface area (Å²) in [6.07, 6.45) is 5.21. The summed E-state index contributed by atoms with van der Waals surface area (Å²) >= 11 is 0. The van der Waals surface area contributed by atoms with Gasteiger partial charge in [-0.1, -0.05) is 0 Å². The molecule has 160 valence electrons. The topological polar surface area (TPSA) is 92.3 Å². The number of methoxy groups -OCH3 is 1. The lowest BCUT2D eigenvalue weighted by atomic mass is 10.1. The average Bonchev–Trinajstić information content (AvgIpc) is 2.80. The van der Waals surface area contributed by atoms with Crippen molar-refractivity contribution in [3.63, 3.8) is 0 Å². The van der Waals surface area contributed by atoms with E-state index in [4.69, 9.17) is 9.72 Å². The lowest BCUT2D eigenvalue weighted by Crippen LogP contribution is -2.31. The number of ether oxygens (including phenoxy) is 1. The summed E-state index contributed by atoms with van der Waals surface area (Å²) in [7, 11) is 1.49. The zero-order chi connectivity index (χ0) is 21.6. The summed E-state index contributed by atoms with van der Waals surface area (Å²) in [5.41, 5.74) is 2.86. The highest BCUT2D eigenvalue weighted by atomic mass is 16.5. The molecule has 3 heterocycles. The first-order valence-electron chi connectivity index (χ1n) is 10.4. The molecular formula is C23H26N6O2. The number of anilines is 4. The van der Waals surface area contributed by atoms with Crippen molar-refractivity contribution in [1.82, 2.24) is 15.0 Å². The number of aryl methyl sites for hydroxylation is 1. The maximum absolute atomic E-state index is 12.5. The molecule has 0 saturated carbocycles. The second-order valence-corrected chi connectivity index (χ2v) is 7.46. The van der Waals surface area contributed by atoms with Crippen LogP contribution >= 0.6 is 0 Å². The van der Waals surface area contributed by atoms with Gasteiger partial charge in [0.1, 0.15) is 11.4 Å². The molecule has 0 atom stereocenters. The Morgan fingerprint density at radius 1 is 1.03 bits per heavy atom. The van der Waals surface area contributed by atoms with Crippen LogP contribution in [0.1, 0.15) is 35.3 Å². The van der Waals surface area contributed by atoms with Crippen molar-refractivity contribution in [3.05, 3.63) is 59.9 Å². The zero-order valence-electron chi connectivity index (χ0n) is 17.8. The van der Waals surface area contributed by atoms with E-state index in [0.717, 1.165) is 36.2 Å². The van der Waals surface area contributed by atoms with Gasteiger partial charge in [0.25, 0.3) is 5.91 Å². The van der Waals surface area contributed by atoms with E-state index >= 15 is 0 Å². The molecule has 1 fully saturated rings. The number of hydrogen-bond acceptors (Lipinski definition) is 7. The molecule has 8 heteroatoms. The first-order valence-corrected chi connectivity index (χ1v) is 10.4. The Hall–Kier alpha value is -3.68. The maximum atomic E-state index is 12.5. The summed E-state index contributed by atoms with van der Waals surface area (Å²) in [5, 5.41) is 6.20. The highest BCUT2D eigenvalue weighted by molar-refractivity contribution is 6.05. The molecule has 31 heavy (non-hydrogen) atoms. The second kappa shape index (κ2) is 9.42. The number of nitrogens with one attached hydrogen (secondary N) is 2. The van der Waals surface area contributed by atoms with Crippen molar-refractivity contribution in [1.29, 1.82) is 0 Å². The number of carbonyl (C=O) groups is 1. The summed E-state index contributed by atoms with van der Waals surface area (Å²) < 4.78 is 5.16. The number of carbonyl (C=O) groups excluding carboxylic acids is 1. The monoisotopic (exact) mass is 418 g/mol. The van der Waals surface area contributed by atoms with E-state index in [9.17, 15) is 4.79 Å². The van der Waals surface area contributed by atoms with E-state index in [-0.39, 0.29) is 5.91 Å². The van der Waals surface area contributed by atoms with Crippen LogP contribution in [-0.4, -0.2) is 41.1 Å². The van der Waals surface area contributed by atoms with Crippen LogP contribution in [0, 0.1) is 6.92 Å². The third-order valence-electron chi connectivity index (χ3n) is 5.11. The SMILES string of the molecule is COc1ncccc1C(=O)Nc1ccc(Nc2cc(C)nc(N3CCCCC3)n2)cc1. The largest absolute Gasteiger partial charge is 0.480 e. The van der Waals surface area contributed by atoms with Gasteiger partial charge in [0.2, 0.25) is 11.8 Å². The molecule has 8 nitrogen and oxygen atoms in total. The predicted molar refractivity (Wildman–Crippen MR) is 121 cm³/mol. The number of benzene rings is 1. The van der Waals surface area contributed by atoms with E-state index in [1.165, 1.54) is 26.4 Å². The molecule has 1 saturated heterocycles. The standard InChI is InChI=1S/C23H26N6O2/c1-16-15-20(28-23(25-16)29-13-4-3-5-14-29)26-17-8-10-18(11-9-17)27-21(30)19-7-6-12-24-22(19)31-2/h6-12,15H,3-5,13-14H2,1-2H3,(H,27,30)(H,25,26,28). The maximum Gasteiger partial charge on any atom is 0.261 e. The second-order valence-electron chi connectivity index (χ2n) is 7.46. The van der Waals surface area contributed by atoms with Crippen molar-refractivity contribution in [2.24, 2.45) is 0 Å². The highest BCUT2D eigenvalue weighted by Gasteiger charge is 2.15. The van der Waals surface area contributed by atoms with Gasteiger partial charge in [0.15, 0.2) is 0 Å². The van der Waals surface area contributed by atoms with Gasteiger partial charge in [-0.2, -0.15) is 4.98 Å². The summed E-state index contributed by atoms with van der Waals surface area (Å²) in [6.45, 7) is 3.98. The lowest BCUT2D eigenvalue weighted by molar-refractivity contribution is 0.102. The van der Waals surface area contributed by atoms with Crippen molar-refractivity contribution >= 4 is 29.0 Å². The molecule has 1 aliphatic heterocycles. The summed E-state index contributed by atoms with van der Waals surface area (Å²) in [5.74, 6) is 1.55. The smallest absolute Gasteiger partial charge is 0.261 e. The van der Waals surface area contributed by atoms with Crippen molar-refractivity contribution in [2.45, 2.75) is 26.2 Å². The number of amides is 1. The minimum atomic E-state index is -0.275. The normalized spacial score (nSPS) is 13.5. The Morgan fingerprint density at radius 3 is 2.52 bits per heavy atom. The van der Waals surface area contributed by atoms with Crippen LogP contribution in [0.5, 0.6) is 5.88 Å². The zero-order valence-corrected chi connectivity index (χ0v) is 17.8. The Labute approximate surface area is 181 Å². The van der Waals surface area contributed by atoms with Gasteiger partial charge < -0.3 is 20.3 Å². The van der Waals surface area contributed by atoms with E-state index < -0.39 is 0 Å². The fourth-order valence-corrected chi connectivity index (χ4v) is 3.56. The number of rotatable bonds is 6. The minimum absolute atomic E-state index is 0.275. The number of pyridine rings is 1. The van der Waals surface area contributed by atoms with Gasteiger partial charge >= 0.3 is 0 Å². The van der Waals surface area contributed by atoms with Gasteiger partial charge in [0.05, 0.1) is 7.11 Å². The molecule has 2 N–H and O–H groups in total. The molecule has 4 rings (SSSR count). The average molecular weight is 419 g/mol. The third-order valence-corrected chi connectivity index (χ3v) is 5.11. The van der Waals surface area contributed by atoms with Crippen LogP contribution in [0.3, 0.4) is 0 Å². The van der Waals surface area contributed by atoms with Crippen LogP contribution in [0.25, 0.3) is 0 Å². The first kappa shape index (κ1) is 20.6. The van der Waals surface area contributed by atoms with Crippen LogP contribution < -0.4 is 20.3 Å². The van der Waals surface area contributed by atoms with Crippen LogP contribution in [0.15, 0.2) is 48.7 Å². The molecule has 1 aliphatic rings. The quantitative estimate of drug-likeness (QED) is 0.620. The fraction of sp³-hybridized carbons (Fsp3) is 0.304. The Balaban J connectivity index is 1.44. The van der Waals surface area contributed by atoms with Crippen molar-refractivity contribution in [2.75, 3.05) is 35.7 Å². The molecule has 0 bridgehead atoms. The molecule has 3 aromatic rings. The number of nitrogens with zero attached hydrogens (tertiary/aromatic N) is 4. The molecule has 0 radical (unpaired) electrons. The molecule has 1 aromatic carbocycles. The highest BCUT2D eigenvalue weighted by Crippen LogP contribution is 2.23. The summed E-state index contributed by atoms with van der Waals surface area (Å²) in [6, 6.07) is 12.8. The molecule has 0 spiro atoms. The van der Waals surface area contributed by atoms with E-state index in [1.54, 1.807) is 18.3 Å². The molecular weight excluding hydrogens is 392 g/mol. The van der Waals surface area contributed by atoms with Gasteiger partial charge in [-0.05, 0) is 62.6 Å². The van der Waals surface area contributed by atoms with Crippen molar-refractivity contribution in [3.8, 4) is 5.88 Å². The Morgan fingerprint density at radius 2 is 1.77 bits per heavy atom. The fourth-order valence-electron chi connectivity index (χ4n) is 3.56. The summed E-state index contributed by atoms with van der Waals surface area (Å²) in [4.78, 5) is 28.1. The van der Waals surface area contributed by atoms with Crippen LogP contribution in [-0.2, 0) is 0 Å². The third kappa shape index (κ3) is 5.09. The number of hydrogen-bond donors (Lipinski definition) is 2. The lowest BCUT2D eigenvalue weighted by Gasteiger charge is -2.27. The minimum Gasteiger partial charge on any atom is -0.480 e. The number of aromatic nitrogens is 3. The van der Waals surface area contributed by atoms with Crippen LogP contribution in [0.4, 0.5) is 23.1 Å². The van der Waals surface area contributed by atoms with Gasteiger partial charge in [-0.3, -0.25) is 4.79 Å². The Kier molecular flexibility index (Phi) is 6.26. The molecule has 1 amide bonds. The van der Waals surface area contributed by atoms with E-state index in [1.807, 2.05) is 37.3 Å². The molecule has 0 aliphatic carbocycles. The molecule has 0 unspecified atom stereocenters. The number of piperidine rings is 1. The van der Waals surface area contributed by atoms with E-state index in [2.05, 4.69) is 25.5 Å². The predicted octanol–water partition coefficient (Wildman–Crippen LogP) is 4.17. The van der Waals surface area contributed by atoms with Gasteiger partial charge in [0, 0.05) is 42.4 Å². The first-order chi connectivity index (χ1) is 15.1. The van der Waals surface area contributed by atoms with Crippen molar-refractivity contribution < 1.29 is 9.53 Å². The molecule has 2 aromatic heterocycles. The van der Waals surface area contributed by atoms with Gasteiger partial charge in [-0.15, -0.1) is 0 Å².